The Morgan fingerprint density at radius 1 is 1.31 bits per heavy atom. The molecule has 16 heavy (non-hydrogen) atoms. The summed E-state index contributed by atoms with van der Waals surface area (Å²) in [6.07, 6.45) is 3.34. The molecular formula is C13H17F2N. The van der Waals surface area contributed by atoms with Gasteiger partial charge in [-0.2, -0.15) is 0 Å². The molecule has 1 N–H and O–H groups in total. The van der Waals surface area contributed by atoms with Crippen molar-refractivity contribution in [1.29, 1.82) is 0 Å². The van der Waals surface area contributed by atoms with Gasteiger partial charge in [-0.3, -0.25) is 0 Å². The lowest BCUT2D eigenvalue weighted by atomic mass is 10.1. The molecule has 1 fully saturated rings. The number of benzene rings is 1. The molecule has 0 aliphatic heterocycles. The first-order valence-electron chi connectivity index (χ1n) is 5.84. The number of hydrogen-bond acceptors (Lipinski definition) is 1. The third-order valence-corrected chi connectivity index (χ3v) is 3.22. The maximum Gasteiger partial charge on any atom is 0.146 e. The second-order valence-electron chi connectivity index (χ2n) is 4.58. The predicted molar refractivity (Wildman–Crippen MR) is 61.5 cm³/mol. The van der Waals surface area contributed by atoms with Gasteiger partial charge in [0.2, 0.25) is 0 Å². The molecule has 2 rings (SSSR count). The van der Waals surface area contributed by atoms with Crippen molar-refractivity contribution in [2.75, 3.05) is 5.32 Å². The minimum atomic E-state index is -0.363. The third kappa shape index (κ3) is 2.34. The Bertz CT molecular complexity index is 386. The van der Waals surface area contributed by atoms with Crippen molar-refractivity contribution in [2.45, 2.75) is 39.2 Å². The van der Waals surface area contributed by atoms with Gasteiger partial charge in [0.1, 0.15) is 11.6 Å². The van der Waals surface area contributed by atoms with E-state index in [4.69, 9.17) is 0 Å². The number of rotatable bonds is 4. The van der Waals surface area contributed by atoms with Crippen molar-refractivity contribution < 1.29 is 8.78 Å². The van der Waals surface area contributed by atoms with E-state index in [1.165, 1.54) is 25.0 Å². The summed E-state index contributed by atoms with van der Waals surface area (Å²) in [6, 6.07) is 2.78. The van der Waals surface area contributed by atoms with Crippen molar-refractivity contribution in [3.8, 4) is 0 Å². The van der Waals surface area contributed by atoms with Crippen LogP contribution in [-0.2, 0) is 0 Å². The molecule has 0 heterocycles. The summed E-state index contributed by atoms with van der Waals surface area (Å²) in [5.74, 6) is -0.0821. The topological polar surface area (TPSA) is 12.0 Å². The summed E-state index contributed by atoms with van der Waals surface area (Å²) < 4.78 is 26.9. The Labute approximate surface area is 94.9 Å². The first-order valence-corrected chi connectivity index (χ1v) is 5.84. The second-order valence-corrected chi connectivity index (χ2v) is 4.58. The standard InChI is InChI=1S/C13H17F2N/c1-3-12(9-4-5-9)16-13-7-10(14)8(2)6-11(13)15/h6-7,9,12,16H,3-5H2,1-2H3. The molecule has 1 aromatic rings. The minimum absolute atomic E-state index is 0.275. The molecule has 1 atom stereocenters. The van der Waals surface area contributed by atoms with Crippen LogP contribution in [0.5, 0.6) is 0 Å². The Kier molecular flexibility index (Phi) is 3.13. The van der Waals surface area contributed by atoms with Crippen LogP contribution in [0.2, 0.25) is 0 Å². The largest absolute Gasteiger partial charge is 0.380 e. The molecule has 1 aliphatic carbocycles. The van der Waals surface area contributed by atoms with Gasteiger partial charge >= 0.3 is 0 Å². The quantitative estimate of drug-likeness (QED) is 0.820. The van der Waals surface area contributed by atoms with Crippen LogP contribution in [-0.4, -0.2) is 6.04 Å². The van der Waals surface area contributed by atoms with Crippen LogP contribution in [0.3, 0.4) is 0 Å². The highest BCUT2D eigenvalue weighted by Crippen LogP contribution is 2.36. The van der Waals surface area contributed by atoms with E-state index in [0.717, 1.165) is 6.42 Å². The predicted octanol–water partition coefficient (Wildman–Crippen LogP) is 3.87. The molecule has 0 amide bonds. The first-order chi connectivity index (χ1) is 7.61. The van der Waals surface area contributed by atoms with Crippen LogP contribution >= 0.6 is 0 Å². The molecule has 88 valence electrons. The van der Waals surface area contributed by atoms with Crippen molar-refractivity contribution in [2.24, 2.45) is 5.92 Å². The minimum Gasteiger partial charge on any atom is -0.380 e. The number of aryl methyl sites for hydroxylation is 1. The average molecular weight is 225 g/mol. The lowest BCUT2D eigenvalue weighted by Gasteiger charge is -2.18. The Morgan fingerprint density at radius 2 is 2.00 bits per heavy atom. The normalized spacial score (nSPS) is 17.2. The monoisotopic (exact) mass is 225 g/mol. The van der Waals surface area contributed by atoms with Gasteiger partial charge in [-0.15, -0.1) is 0 Å². The van der Waals surface area contributed by atoms with Gasteiger partial charge in [-0.25, -0.2) is 8.78 Å². The zero-order chi connectivity index (χ0) is 11.7. The molecule has 0 radical (unpaired) electrons. The summed E-state index contributed by atoms with van der Waals surface area (Å²) in [7, 11) is 0. The van der Waals surface area contributed by atoms with E-state index >= 15 is 0 Å². The molecule has 1 aromatic carbocycles. The molecule has 0 saturated heterocycles. The van der Waals surface area contributed by atoms with Crippen LogP contribution in [0, 0.1) is 24.5 Å². The fourth-order valence-electron chi connectivity index (χ4n) is 2.01. The van der Waals surface area contributed by atoms with E-state index < -0.39 is 0 Å². The molecule has 0 bridgehead atoms. The van der Waals surface area contributed by atoms with Gasteiger partial charge in [0.05, 0.1) is 5.69 Å². The van der Waals surface area contributed by atoms with E-state index in [2.05, 4.69) is 12.2 Å². The van der Waals surface area contributed by atoms with Crippen molar-refractivity contribution in [3.05, 3.63) is 29.3 Å². The molecule has 1 aliphatic rings. The Balaban J connectivity index is 2.16. The number of anilines is 1. The zero-order valence-corrected chi connectivity index (χ0v) is 9.69. The Hall–Kier alpha value is -1.12. The van der Waals surface area contributed by atoms with Crippen molar-refractivity contribution in [1.82, 2.24) is 0 Å². The van der Waals surface area contributed by atoms with E-state index in [-0.39, 0.29) is 17.7 Å². The maximum atomic E-state index is 13.6. The summed E-state index contributed by atoms with van der Waals surface area (Å²) in [5, 5.41) is 3.11. The molecule has 3 heteroatoms. The van der Waals surface area contributed by atoms with Crippen LogP contribution in [0.1, 0.15) is 31.7 Å². The SMILES string of the molecule is CCC(Nc1cc(F)c(C)cc1F)C1CC1. The second kappa shape index (κ2) is 4.40. The number of hydrogen-bond donors (Lipinski definition) is 1. The molecule has 1 nitrogen and oxygen atoms in total. The van der Waals surface area contributed by atoms with Crippen molar-refractivity contribution >= 4 is 5.69 Å². The summed E-state index contributed by atoms with van der Waals surface area (Å²) in [4.78, 5) is 0. The van der Waals surface area contributed by atoms with Gasteiger partial charge < -0.3 is 5.32 Å². The van der Waals surface area contributed by atoms with Gasteiger partial charge in [0.25, 0.3) is 0 Å². The van der Waals surface area contributed by atoms with Gasteiger partial charge in [0, 0.05) is 12.1 Å². The first kappa shape index (κ1) is 11.4. The maximum absolute atomic E-state index is 13.6. The van der Waals surface area contributed by atoms with Gasteiger partial charge in [-0.1, -0.05) is 6.92 Å². The lowest BCUT2D eigenvalue weighted by Crippen LogP contribution is -2.21. The summed E-state index contributed by atoms with van der Waals surface area (Å²) in [6.45, 7) is 3.64. The van der Waals surface area contributed by atoms with Crippen LogP contribution in [0.25, 0.3) is 0 Å². The highest BCUT2D eigenvalue weighted by Gasteiger charge is 2.30. The Morgan fingerprint density at radius 3 is 2.56 bits per heavy atom. The van der Waals surface area contributed by atoms with E-state index in [1.807, 2.05) is 0 Å². The lowest BCUT2D eigenvalue weighted by molar-refractivity contribution is 0.577. The van der Waals surface area contributed by atoms with Crippen LogP contribution < -0.4 is 5.32 Å². The van der Waals surface area contributed by atoms with Crippen LogP contribution in [0.15, 0.2) is 12.1 Å². The van der Waals surface area contributed by atoms with Gasteiger partial charge in [-0.05, 0) is 43.7 Å². The zero-order valence-electron chi connectivity index (χ0n) is 9.69. The third-order valence-electron chi connectivity index (χ3n) is 3.22. The number of nitrogens with one attached hydrogen (secondary N) is 1. The summed E-state index contributed by atoms with van der Waals surface area (Å²) in [5.41, 5.74) is 0.643. The van der Waals surface area contributed by atoms with E-state index in [1.54, 1.807) is 6.92 Å². The summed E-state index contributed by atoms with van der Waals surface area (Å²) >= 11 is 0. The highest BCUT2D eigenvalue weighted by atomic mass is 19.1. The molecule has 1 saturated carbocycles. The van der Waals surface area contributed by atoms with Gasteiger partial charge in [0.15, 0.2) is 0 Å². The average Bonchev–Trinajstić information content (AvgIpc) is 3.05. The highest BCUT2D eigenvalue weighted by molar-refractivity contribution is 5.48. The van der Waals surface area contributed by atoms with Crippen LogP contribution in [0.4, 0.5) is 14.5 Å². The van der Waals surface area contributed by atoms with E-state index in [9.17, 15) is 8.78 Å². The number of halogens is 2. The molecule has 0 spiro atoms. The molecular weight excluding hydrogens is 208 g/mol. The smallest absolute Gasteiger partial charge is 0.146 e. The van der Waals surface area contributed by atoms with E-state index in [0.29, 0.717) is 17.2 Å². The fraction of sp³-hybridized carbons (Fsp3) is 0.538. The molecule has 0 aromatic heterocycles. The van der Waals surface area contributed by atoms with Crippen molar-refractivity contribution in [3.63, 3.8) is 0 Å². The fourth-order valence-corrected chi connectivity index (χ4v) is 2.01. The molecule has 1 unspecified atom stereocenters.